The number of nitrogens with one attached hydrogen (secondary N) is 3. The van der Waals surface area contributed by atoms with E-state index in [0.717, 1.165) is 32.1 Å². The van der Waals surface area contributed by atoms with Crippen LogP contribution in [-0.2, 0) is 19.1 Å². The normalized spacial score (nSPS) is 19.0. The van der Waals surface area contributed by atoms with Crippen LogP contribution in [0.2, 0.25) is 0 Å². The van der Waals surface area contributed by atoms with Gasteiger partial charge < -0.3 is 29.8 Å². The molecular formula is C29H37N5O7. The predicted octanol–water partition coefficient (Wildman–Crippen LogP) is 2.79. The maximum atomic E-state index is 13.5. The summed E-state index contributed by atoms with van der Waals surface area (Å²) in [6, 6.07) is 2.90. The van der Waals surface area contributed by atoms with Crippen molar-refractivity contribution in [2.75, 3.05) is 11.9 Å². The van der Waals surface area contributed by atoms with Crippen LogP contribution >= 0.6 is 0 Å². The fraction of sp³-hybridized carbons (Fsp3) is 0.517. The molecule has 220 valence electrons. The Balaban J connectivity index is 1.48. The molecule has 1 saturated heterocycles. The standard InChI is InChI=1S/C29H37N5O7/c1-3-24(34-15-7-10-22(29(34)39)32-27(37)23-16-18(2)41-33-23)28(38)31-20(17-19-13-14-30-26(19)36)11-12-25(35)40-21-8-5-4-6-9-21/h7,10-12,15-16,19-21,24H,3-6,8-9,13-14,17H2,1-2H3,(H,30,36)(H,31,38)(H,32,37)/b12-11+/t19-,20+,24+/m0/s1. The first-order valence-corrected chi connectivity index (χ1v) is 14.2. The molecule has 3 heterocycles. The molecule has 1 saturated carbocycles. The van der Waals surface area contributed by atoms with E-state index in [4.69, 9.17) is 9.26 Å². The highest BCUT2D eigenvalue weighted by Gasteiger charge is 2.29. The van der Waals surface area contributed by atoms with Gasteiger partial charge in [-0.3, -0.25) is 19.2 Å². The molecule has 2 aliphatic rings. The van der Waals surface area contributed by atoms with E-state index in [1.54, 1.807) is 26.0 Å². The number of ether oxygens (including phenoxy) is 1. The predicted molar refractivity (Wildman–Crippen MR) is 149 cm³/mol. The number of aryl methyl sites for hydroxylation is 1. The van der Waals surface area contributed by atoms with Crippen LogP contribution in [-0.4, -0.2) is 52.1 Å². The maximum absolute atomic E-state index is 13.5. The Kier molecular flexibility index (Phi) is 10.1. The minimum Gasteiger partial charge on any atom is -0.459 e. The first kappa shape index (κ1) is 29.8. The highest BCUT2D eigenvalue weighted by molar-refractivity contribution is 6.02. The molecule has 2 fully saturated rings. The van der Waals surface area contributed by atoms with Crippen molar-refractivity contribution in [3.05, 3.63) is 58.4 Å². The fourth-order valence-electron chi connectivity index (χ4n) is 5.24. The molecule has 3 atom stereocenters. The molecule has 2 aromatic heterocycles. The summed E-state index contributed by atoms with van der Waals surface area (Å²) in [5, 5.41) is 11.9. The molecule has 12 heteroatoms. The number of hydrogen-bond acceptors (Lipinski definition) is 8. The minimum atomic E-state index is -0.906. The monoisotopic (exact) mass is 567 g/mol. The van der Waals surface area contributed by atoms with Gasteiger partial charge in [-0.15, -0.1) is 0 Å². The molecule has 41 heavy (non-hydrogen) atoms. The number of rotatable bonds is 11. The molecule has 3 amide bonds. The van der Waals surface area contributed by atoms with Gasteiger partial charge in [0.2, 0.25) is 11.8 Å². The van der Waals surface area contributed by atoms with Crippen molar-refractivity contribution in [1.29, 1.82) is 0 Å². The Morgan fingerprint density at radius 3 is 2.66 bits per heavy atom. The molecule has 12 nitrogen and oxygen atoms in total. The average molecular weight is 568 g/mol. The fourth-order valence-corrected chi connectivity index (χ4v) is 5.24. The van der Waals surface area contributed by atoms with Gasteiger partial charge in [0.25, 0.3) is 11.5 Å². The van der Waals surface area contributed by atoms with Gasteiger partial charge in [-0.25, -0.2) is 4.79 Å². The van der Waals surface area contributed by atoms with E-state index in [0.29, 0.717) is 25.1 Å². The molecule has 0 spiro atoms. The zero-order valence-electron chi connectivity index (χ0n) is 23.4. The Bertz CT molecular complexity index is 1340. The topological polar surface area (TPSA) is 162 Å². The third-order valence-electron chi connectivity index (χ3n) is 7.44. The summed E-state index contributed by atoms with van der Waals surface area (Å²) in [6.45, 7) is 3.96. The molecule has 4 rings (SSSR count). The molecule has 0 unspecified atom stereocenters. The van der Waals surface area contributed by atoms with Gasteiger partial charge in [-0.05, 0) is 64.0 Å². The number of nitrogens with zero attached hydrogens (tertiary/aromatic N) is 2. The molecular weight excluding hydrogens is 530 g/mol. The lowest BCUT2D eigenvalue weighted by Crippen LogP contribution is -2.43. The van der Waals surface area contributed by atoms with Crippen molar-refractivity contribution in [3.8, 4) is 0 Å². The number of esters is 1. The third-order valence-corrected chi connectivity index (χ3v) is 7.44. The van der Waals surface area contributed by atoms with Crippen molar-refractivity contribution in [2.24, 2.45) is 5.92 Å². The highest BCUT2D eigenvalue weighted by Crippen LogP contribution is 2.21. The second-order valence-electron chi connectivity index (χ2n) is 10.5. The maximum Gasteiger partial charge on any atom is 0.330 e. The molecule has 2 aromatic rings. The lowest BCUT2D eigenvalue weighted by molar-refractivity contribution is -0.144. The van der Waals surface area contributed by atoms with E-state index in [1.165, 1.54) is 29.0 Å². The minimum absolute atomic E-state index is 0.0195. The average Bonchev–Trinajstić information content (AvgIpc) is 3.58. The Hall–Kier alpha value is -4.22. The van der Waals surface area contributed by atoms with Crippen LogP contribution in [0.15, 0.2) is 45.9 Å². The van der Waals surface area contributed by atoms with Crippen molar-refractivity contribution < 1.29 is 28.4 Å². The number of pyridine rings is 1. The molecule has 0 aromatic carbocycles. The van der Waals surface area contributed by atoms with Gasteiger partial charge in [-0.1, -0.05) is 24.6 Å². The zero-order chi connectivity index (χ0) is 29.4. The van der Waals surface area contributed by atoms with Crippen LogP contribution in [0.1, 0.15) is 80.6 Å². The van der Waals surface area contributed by atoms with Crippen LogP contribution in [0.25, 0.3) is 0 Å². The second kappa shape index (κ2) is 13.9. The molecule has 1 aliphatic carbocycles. The summed E-state index contributed by atoms with van der Waals surface area (Å²) >= 11 is 0. The van der Waals surface area contributed by atoms with Gasteiger partial charge in [0, 0.05) is 36.8 Å². The lowest BCUT2D eigenvalue weighted by atomic mass is 9.97. The van der Waals surface area contributed by atoms with E-state index in [9.17, 15) is 24.0 Å². The first-order valence-electron chi connectivity index (χ1n) is 14.2. The Morgan fingerprint density at radius 1 is 1.22 bits per heavy atom. The van der Waals surface area contributed by atoms with Gasteiger partial charge >= 0.3 is 5.97 Å². The van der Waals surface area contributed by atoms with Crippen molar-refractivity contribution in [1.82, 2.24) is 20.4 Å². The van der Waals surface area contributed by atoms with E-state index in [-0.39, 0.29) is 35.7 Å². The van der Waals surface area contributed by atoms with E-state index in [1.807, 2.05) is 0 Å². The Morgan fingerprint density at radius 2 is 2.00 bits per heavy atom. The van der Waals surface area contributed by atoms with Crippen LogP contribution in [0.3, 0.4) is 0 Å². The summed E-state index contributed by atoms with van der Waals surface area (Å²) in [5.74, 6) is -1.53. The Labute approximate surface area is 237 Å². The summed E-state index contributed by atoms with van der Waals surface area (Å²) in [4.78, 5) is 64.0. The first-order chi connectivity index (χ1) is 19.7. The number of carbonyl (C=O) groups excluding carboxylic acids is 4. The largest absolute Gasteiger partial charge is 0.459 e. The van der Waals surface area contributed by atoms with E-state index >= 15 is 0 Å². The van der Waals surface area contributed by atoms with Crippen molar-refractivity contribution >= 4 is 29.4 Å². The quantitative estimate of drug-likeness (QED) is 0.276. The van der Waals surface area contributed by atoms with Gasteiger partial charge in [0.15, 0.2) is 5.69 Å². The van der Waals surface area contributed by atoms with Gasteiger partial charge in [0.05, 0.1) is 0 Å². The highest BCUT2D eigenvalue weighted by atomic mass is 16.5. The third kappa shape index (κ3) is 7.92. The SMILES string of the molecule is CC[C@H](C(=O)N[C@H](/C=C/C(=O)OC1CCCCC1)C[C@@H]1CCNC1=O)n1cccc(NC(=O)c2cc(C)on2)c1=O. The van der Waals surface area contributed by atoms with Crippen LogP contribution in [0.5, 0.6) is 0 Å². The van der Waals surface area contributed by atoms with Crippen LogP contribution in [0.4, 0.5) is 5.69 Å². The van der Waals surface area contributed by atoms with Gasteiger partial charge in [-0.2, -0.15) is 0 Å². The summed E-state index contributed by atoms with van der Waals surface area (Å²) in [7, 11) is 0. The molecule has 1 aliphatic heterocycles. The van der Waals surface area contributed by atoms with Crippen molar-refractivity contribution in [2.45, 2.75) is 83.4 Å². The number of hydrogen-bond donors (Lipinski definition) is 3. The van der Waals surface area contributed by atoms with Crippen LogP contribution in [0, 0.1) is 12.8 Å². The smallest absolute Gasteiger partial charge is 0.330 e. The number of carbonyl (C=O) groups is 4. The van der Waals surface area contributed by atoms with Crippen molar-refractivity contribution in [3.63, 3.8) is 0 Å². The lowest BCUT2D eigenvalue weighted by Gasteiger charge is -2.23. The summed E-state index contributed by atoms with van der Waals surface area (Å²) in [5.41, 5.74) is -0.565. The zero-order valence-corrected chi connectivity index (χ0v) is 23.4. The summed E-state index contributed by atoms with van der Waals surface area (Å²) in [6.07, 6.45) is 10.3. The van der Waals surface area contributed by atoms with Gasteiger partial charge in [0.1, 0.15) is 23.6 Å². The van der Waals surface area contributed by atoms with Crippen LogP contribution < -0.4 is 21.5 Å². The van der Waals surface area contributed by atoms with E-state index < -0.39 is 35.4 Å². The number of anilines is 1. The summed E-state index contributed by atoms with van der Waals surface area (Å²) < 4.78 is 11.7. The van der Waals surface area contributed by atoms with E-state index in [2.05, 4.69) is 21.1 Å². The molecule has 0 radical (unpaired) electrons. The number of amides is 3. The molecule has 0 bridgehead atoms. The molecule has 3 N–H and O–H groups in total. The second-order valence-corrected chi connectivity index (χ2v) is 10.5. The number of aromatic nitrogens is 2.